The number of methoxy groups -OCH3 is 4. The summed E-state index contributed by atoms with van der Waals surface area (Å²) in [4.78, 5) is 31.5. The molecule has 3 aromatic heterocycles. The summed E-state index contributed by atoms with van der Waals surface area (Å²) in [5.74, 6) is 2.02. The van der Waals surface area contributed by atoms with Gasteiger partial charge in [0.25, 0.3) is 11.5 Å². The van der Waals surface area contributed by atoms with Crippen molar-refractivity contribution in [1.82, 2.24) is 9.38 Å². The average molecular weight is 554 g/mol. The van der Waals surface area contributed by atoms with Crippen molar-refractivity contribution in [2.45, 2.75) is 13.0 Å². The molecule has 0 fully saturated rings. The van der Waals surface area contributed by atoms with Gasteiger partial charge in [0.2, 0.25) is 0 Å². The van der Waals surface area contributed by atoms with Crippen LogP contribution in [0, 0.1) is 0 Å². The molecule has 0 aliphatic carbocycles. The van der Waals surface area contributed by atoms with Crippen LogP contribution in [0.1, 0.15) is 6.92 Å². The van der Waals surface area contributed by atoms with Crippen molar-refractivity contribution >= 4 is 49.7 Å². The van der Waals surface area contributed by atoms with Crippen molar-refractivity contribution in [2.75, 3.05) is 33.8 Å². The number of hydrogen-bond acceptors (Lipinski definition) is 8. The zero-order chi connectivity index (χ0) is 28.8. The Labute approximate surface area is 234 Å². The molecule has 3 aromatic carbocycles. The number of anilines is 1. The molecule has 0 spiro atoms. The predicted molar refractivity (Wildman–Crippen MR) is 157 cm³/mol. The maximum absolute atomic E-state index is 13.9. The van der Waals surface area contributed by atoms with Crippen LogP contribution in [-0.2, 0) is 4.79 Å². The summed E-state index contributed by atoms with van der Waals surface area (Å²) in [6.45, 7) is 1.67. The lowest BCUT2D eigenvalue weighted by Gasteiger charge is -2.16. The number of carbonyl (C=O) groups excluding carboxylic acids is 1. The molecule has 1 atom stereocenters. The maximum Gasteiger partial charge on any atom is 0.267 e. The van der Waals surface area contributed by atoms with Gasteiger partial charge in [-0.15, -0.1) is 0 Å². The minimum absolute atomic E-state index is 0.243. The quantitative estimate of drug-likeness (QED) is 0.261. The molecule has 10 heteroatoms. The molecule has 0 aliphatic rings. The highest BCUT2D eigenvalue weighted by atomic mass is 16.5. The van der Waals surface area contributed by atoms with Gasteiger partial charge in [-0.1, -0.05) is 0 Å². The van der Waals surface area contributed by atoms with Crippen molar-refractivity contribution in [2.24, 2.45) is 0 Å². The molecule has 1 N–H and O–H groups in total. The second kappa shape index (κ2) is 10.1. The fourth-order valence-corrected chi connectivity index (χ4v) is 5.29. The van der Waals surface area contributed by atoms with E-state index in [0.29, 0.717) is 61.8 Å². The second-order valence-electron chi connectivity index (χ2n) is 9.42. The summed E-state index contributed by atoms with van der Waals surface area (Å²) in [5.41, 5.74) is 2.35. The first kappa shape index (κ1) is 26.0. The number of amides is 1. The average Bonchev–Trinajstić information content (AvgIpc) is 3.33. The monoisotopic (exact) mass is 553 g/mol. The van der Waals surface area contributed by atoms with Gasteiger partial charge in [0.15, 0.2) is 29.1 Å². The van der Waals surface area contributed by atoms with Gasteiger partial charge >= 0.3 is 0 Å². The zero-order valence-corrected chi connectivity index (χ0v) is 23.1. The molecule has 1 amide bonds. The summed E-state index contributed by atoms with van der Waals surface area (Å²) in [6.07, 6.45) is 0.897. The fourth-order valence-electron chi connectivity index (χ4n) is 5.29. The molecule has 10 nitrogen and oxygen atoms in total. The van der Waals surface area contributed by atoms with Crippen LogP contribution in [0.15, 0.2) is 65.6 Å². The molecule has 3 heterocycles. The molecule has 208 valence electrons. The number of nitrogens with zero attached hydrogens (tertiary/aromatic N) is 2. The molecule has 6 rings (SSSR count). The molecule has 0 saturated carbocycles. The smallest absolute Gasteiger partial charge is 0.267 e. The molecule has 6 aromatic rings. The van der Waals surface area contributed by atoms with E-state index in [4.69, 9.17) is 23.7 Å². The number of carbonyl (C=O) groups is 1. The van der Waals surface area contributed by atoms with E-state index in [1.165, 1.54) is 21.3 Å². The first-order chi connectivity index (χ1) is 19.9. The molecule has 0 bridgehead atoms. The number of nitrogens with one attached hydrogen (secondary N) is 1. The van der Waals surface area contributed by atoms with Gasteiger partial charge in [0.05, 0.1) is 50.4 Å². The number of rotatable bonds is 8. The van der Waals surface area contributed by atoms with E-state index in [9.17, 15) is 9.59 Å². The number of aromatic nitrogens is 2. The third-order valence-electron chi connectivity index (χ3n) is 7.20. The Kier molecular flexibility index (Phi) is 6.37. The third-order valence-corrected chi connectivity index (χ3v) is 7.20. The van der Waals surface area contributed by atoms with Crippen molar-refractivity contribution in [3.05, 3.63) is 71.1 Å². The van der Waals surface area contributed by atoms with Gasteiger partial charge in [-0.05, 0) is 55.5 Å². The first-order valence-corrected chi connectivity index (χ1v) is 12.8. The molecule has 0 radical (unpaired) electrons. The van der Waals surface area contributed by atoms with Gasteiger partial charge in [-0.25, -0.2) is 0 Å². The Morgan fingerprint density at radius 1 is 0.829 bits per heavy atom. The van der Waals surface area contributed by atoms with Crippen molar-refractivity contribution in [1.29, 1.82) is 0 Å². The summed E-state index contributed by atoms with van der Waals surface area (Å²) in [6, 6.07) is 16.0. The van der Waals surface area contributed by atoms with Gasteiger partial charge in [0, 0.05) is 34.1 Å². The van der Waals surface area contributed by atoms with Crippen LogP contribution in [-0.4, -0.2) is 49.8 Å². The summed E-state index contributed by atoms with van der Waals surface area (Å²) in [5, 5.41) is 5.53. The van der Waals surface area contributed by atoms with Crippen LogP contribution < -0.4 is 34.6 Å². The SMILES string of the molecule is COc1ccc(NC(=O)[C@H](C)Oc2ccc3c(c2)c2ccnc4c5ccc(OC)c(OC)c5c(=O)n3c24)cc1OC. The van der Waals surface area contributed by atoms with Crippen LogP contribution in [0.2, 0.25) is 0 Å². The van der Waals surface area contributed by atoms with Gasteiger partial charge < -0.3 is 29.0 Å². The van der Waals surface area contributed by atoms with Crippen LogP contribution in [0.4, 0.5) is 5.69 Å². The number of ether oxygens (including phenoxy) is 5. The molecular weight excluding hydrogens is 526 g/mol. The minimum atomic E-state index is -0.815. The molecule has 0 saturated heterocycles. The highest BCUT2D eigenvalue weighted by Gasteiger charge is 2.23. The molecule has 41 heavy (non-hydrogen) atoms. The van der Waals surface area contributed by atoms with E-state index >= 15 is 0 Å². The van der Waals surface area contributed by atoms with E-state index < -0.39 is 6.10 Å². The number of benzene rings is 3. The van der Waals surface area contributed by atoms with Gasteiger partial charge in [0.1, 0.15) is 5.75 Å². The van der Waals surface area contributed by atoms with Crippen LogP contribution >= 0.6 is 0 Å². The van der Waals surface area contributed by atoms with E-state index in [2.05, 4.69) is 10.3 Å². The van der Waals surface area contributed by atoms with Crippen molar-refractivity contribution in [3.63, 3.8) is 0 Å². The summed E-state index contributed by atoms with van der Waals surface area (Å²) >= 11 is 0. The lowest BCUT2D eigenvalue weighted by atomic mass is 10.1. The topological polar surface area (TPSA) is 110 Å². The highest BCUT2D eigenvalue weighted by molar-refractivity contribution is 6.19. The first-order valence-electron chi connectivity index (χ1n) is 12.8. The summed E-state index contributed by atoms with van der Waals surface area (Å²) < 4.78 is 29.3. The lowest BCUT2D eigenvalue weighted by Crippen LogP contribution is -2.30. The highest BCUT2D eigenvalue weighted by Crippen LogP contribution is 2.39. The zero-order valence-electron chi connectivity index (χ0n) is 23.1. The van der Waals surface area contributed by atoms with Gasteiger partial charge in [-0.3, -0.25) is 19.0 Å². The van der Waals surface area contributed by atoms with Crippen LogP contribution in [0.3, 0.4) is 0 Å². The van der Waals surface area contributed by atoms with E-state index in [0.717, 1.165) is 10.8 Å². The fraction of sp³-hybridized carbons (Fsp3) is 0.194. The van der Waals surface area contributed by atoms with E-state index in [1.54, 1.807) is 55.0 Å². The van der Waals surface area contributed by atoms with Gasteiger partial charge in [-0.2, -0.15) is 0 Å². The molecule has 0 aliphatic heterocycles. The predicted octanol–water partition coefficient (Wildman–Crippen LogP) is 5.03. The third kappa shape index (κ3) is 4.07. The minimum Gasteiger partial charge on any atom is -0.493 e. The Morgan fingerprint density at radius 2 is 1.59 bits per heavy atom. The Bertz CT molecular complexity index is 2020. The largest absolute Gasteiger partial charge is 0.493 e. The number of pyridine rings is 2. The van der Waals surface area contributed by atoms with Crippen molar-refractivity contribution < 1.29 is 28.5 Å². The van der Waals surface area contributed by atoms with Crippen LogP contribution in [0.25, 0.3) is 38.1 Å². The standard InChI is InChI=1S/C31H27N3O7/c1-16(30(35)33-17-6-10-23(37-2)25(14-17)39-4)41-18-7-9-22-21(15-18)19-12-13-32-27-20-8-11-24(38-3)29(40-5)26(20)31(36)34(22)28(19)27/h6-16H,1-5H3,(H,33,35)/t16-/m0/s1. The normalized spacial score (nSPS) is 12.1. The Hall–Kier alpha value is -5.25. The van der Waals surface area contributed by atoms with E-state index in [-0.39, 0.29) is 11.5 Å². The molecular formula is C31H27N3O7. The van der Waals surface area contributed by atoms with Crippen LogP contribution in [0.5, 0.6) is 28.7 Å². The number of fused-ring (bicyclic) bond motifs is 5. The number of hydrogen-bond donors (Lipinski definition) is 1. The van der Waals surface area contributed by atoms with E-state index in [1.807, 2.05) is 24.3 Å². The second-order valence-corrected chi connectivity index (χ2v) is 9.42. The maximum atomic E-state index is 13.9. The Balaban J connectivity index is 1.40. The van der Waals surface area contributed by atoms with Crippen molar-refractivity contribution in [3.8, 4) is 28.7 Å². The Morgan fingerprint density at radius 3 is 2.32 bits per heavy atom. The molecule has 0 unspecified atom stereocenters. The summed E-state index contributed by atoms with van der Waals surface area (Å²) in [7, 11) is 6.12. The lowest BCUT2D eigenvalue weighted by molar-refractivity contribution is -0.122.